The number of thioether (sulfide) groups is 1. The molecule has 0 heterocycles. The summed E-state index contributed by atoms with van der Waals surface area (Å²) in [7, 11) is 1.61. The van der Waals surface area contributed by atoms with Crippen LogP contribution in [-0.4, -0.2) is 41.2 Å². The summed E-state index contributed by atoms with van der Waals surface area (Å²) in [6, 6.07) is 14.5. The fraction of sp³-hybridized carbons (Fsp3) is 0.417. The lowest BCUT2D eigenvalue weighted by atomic mass is 10.1. The van der Waals surface area contributed by atoms with E-state index in [9.17, 15) is 9.59 Å². The molecule has 0 aliphatic carbocycles. The summed E-state index contributed by atoms with van der Waals surface area (Å²) >= 11 is 7.70. The Kier molecular flexibility index (Phi) is 9.26. The van der Waals surface area contributed by atoms with Gasteiger partial charge < -0.3 is 15.0 Å². The summed E-state index contributed by atoms with van der Waals surface area (Å²) in [5.74, 6) is 1.36. The minimum atomic E-state index is -0.602. The van der Waals surface area contributed by atoms with Crippen LogP contribution in [0, 0.1) is 0 Å². The second kappa shape index (κ2) is 11.4. The lowest BCUT2D eigenvalue weighted by Crippen LogP contribution is -2.52. The Balaban J connectivity index is 2.11. The van der Waals surface area contributed by atoms with Crippen molar-refractivity contribution in [3.63, 3.8) is 0 Å². The molecule has 0 aliphatic heterocycles. The van der Waals surface area contributed by atoms with E-state index in [1.54, 1.807) is 18.9 Å². The molecule has 1 atom stereocenters. The molecular weight excluding hydrogens is 432 g/mol. The minimum absolute atomic E-state index is 0.0931. The minimum Gasteiger partial charge on any atom is -0.497 e. The number of hydrogen-bond acceptors (Lipinski definition) is 4. The number of hydrogen-bond donors (Lipinski definition) is 1. The molecule has 2 aromatic rings. The molecule has 0 radical (unpaired) electrons. The molecule has 2 amide bonds. The fourth-order valence-electron chi connectivity index (χ4n) is 2.93. The molecule has 0 spiro atoms. The number of halogens is 1. The molecular formula is C24H31ClN2O3S. The molecule has 168 valence electrons. The van der Waals surface area contributed by atoms with Gasteiger partial charge in [0.2, 0.25) is 11.8 Å². The van der Waals surface area contributed by atoms with Gasteiger partial charge in [0.05, 0.1) is 12.9 Å². The highest BCUT2D eigenvalue weighted by molar-refractivity contribution is 7.99. The van der Waals surface area contributed by atoms with Crippen LogP contribution in [0.15, 0.2) is 48.5 Å². The molecule has 0 saturated carbocycles. The van der Waals surface area contributed by atoms with Gasteiger partial charge in [0.1, 0.15) is 11.8 Å². The number of nitrogens with one attached hydrogen (secondary N) is 1. The predicted octanol–water partition coefficient (Wildman–Crippen LogP) is 4.91. The normalized spacial score (nSPS) is 12.2. The van der Waals surface area contributed by atoms with Crippen LogP contribution in [0.25, 0.3) is 0 Å². The molecule has 31 heavy (non-hydrogen) atoms. The number of methoxy groups -OCH3 is 1. The summed E-state index contributed by atoms with van der Waals surface area (Å²) in [6.45, 7) is 7.88. The van der Waals surface area contributed by atoms with Crippen LogP contribution in [0.4, 0.5) is 0 Å². The average Bonchev–Trinajstić information content (AvgIpc) is 2.72. The Morgan fingerprint density at radius 3 is 2.35 bits per heavy atom. The van der Waals surface area contributed by atoms with Crippen molar-refractivity contribution in [1.29, 1.82) is 0 Å². The average molecular weight is 463 g/mol. The summed E-state index contributed by atoms with van der Waals surface area (Å²) in [5, 5.41) is 3.66. The highest BCUT2D eigenvalue weighted by atomic mass is 35.5. The van der Waals surface area contributed by atoms with E-state index in [2.05, 4.69) is 5.32 Å². The smallest absolute Gasteiger partial charge is 0.242 e. The van der Waals surface area contributed by atoms with Crippen LogP contribution in [0.2, 0.25) is 5.02 Å². The molecule has 2 aromatic carbocycles. The van der Waals surface area contributed by atoms with E-state index in [1.165, 1.54) is 11.8 Å². The van der Waals surface area contributed by atoms with E-state index in [0.717, 1.165) is 16.9 Å². The first kappa shape index (κ1) is 25.1. The number of carbonyl (C=O) groups is 2. The van der Waals surface area contributed by atoms with Crippen molar-refractivity contribution in [2.75, 3.05) is 12.9 Å². The Labute approximate surface area is 194 Å². The molecule has 7 heteroatoms. The van der Waals surface area contributed by atoms with Gasteiger partial charge in [0, 0.05) is 22.9 Å². The molecule has 0 aliphatic rings. The number of benzene rings is 2. The fourth-order valence-corrected chi connectivity index (χ4v) is 4.13. The molecule has 0 aromatic heterocycles. The molecule has 0 unspecified atom stereocenters. The standard InChI is InChI=1S/C24H31ClN2O3S/c1-17(23(29)26-24(2,3)4)27(14-18-10-12-20(30-5)13-11-18)22(28)16-31-15-19-8-6-7-9-21(19)25/h6-13,17H,14-16H2,1-5H3,(H,26,29)/t17-/m0/s1. The molecule has 2 rings (SSSR count). The van der Waals surface area contributed by atoms with Gasteiger partial charge in [0.25, 0.3) is 0 Å². The van der Waals surface area contributed by atoms with Gasteiger partial charge in [-0.25, -0.2) is 0 Å². The second-order valence-electron chi connectivity index (χ2n) is 8.37. The summed E-state index contributed by atoms with van der Waals surface area (Å²) < 4.78 is 5.21. The number of nitrogens with zero attached hydrogens (tertiary/aromatic N) is 1. The number of carbonyl (C=O) groups excluding carboxylic acids is 2. The van der Waals surface area contributed by atoms with Gasteiger partial charge in [-0.1, -0.05) is 41.9 Å². The SMILES string of the molecule is COc1ccc(CN(C(=O)CSCc2ccccc2Cl)[C@@H](C)C(=O)NC(C)(C)C)cc1. The van der Waals surface area contributed by atoms with E-state index < -0.39 is 6.04 Å². The van der Waals surface area contributed by atoms with Gasteiger partial charge in [-0.3, -0.25) is 9.59 Å². The van der Waals surface area contributed by atoms with Crippen molar-refractivity contribution >= 4 is 35.2 Å². The molecule has 0 saturated heterocycles. The molecule has 1 N–H and O–H groups in total. The lowest BCUT2D eigenvalue weighted by molar-refractivity contribution is -0.139. The largest absolute Gasteiger partial charge is 0.497 e. The third kappa shape index (κ3) is 8.11. The zero-order chi connectivity index (χ0) is 23.0. The van der Waals surface area contributed by atoms with Crippen molar-refractivity contribution in [3.8, 4) is 5.75 Å². The van der Waals surface area contributed by atoms with E-state index in [4.69, 9.17) is 16.3 Å². The molecule has 0 bridgehead atoms. The predicted molar refractivity (Wildman–Crippen MR) is 129 cm³/mol. The summed E-state index contributed by atoms with van der Waals surface area (Å²) in [6.07, 6.45) is 0. The van der Waals surface area contributed by atoms with E-state index in [-0.39, 0.29) is 23.1 Å². The number of ether oxygens (including phenoxy) is 1. The van der Waals surface area contributed by atoms with Gasteiger partial charge in [-0.2, -0.15) is 0 Å². The van der Waals surface area contributed by atoms with Crippen LogP contribution < -0.4 is 10.1 Å². The number of amides is 2. The Morgan fingerprint density at radius 1 is 1.13 bits per heavy atom. The van der Waals surface area contributed by atoms with Crippen molar-refractivity contribution in [2.45, 2.75) is 51.6 Å². The van der Waals surface area contributed by atoms with Gasteiger partial charge >= 0.3 is 0 Å². The van der Waals surface area contributed by atoms with E-state index >= 15 is 0 Å². The van der Waals surface area contributed by atoms with Crippen molar-refractivity contribution in [1.82, 2.24) is 10.2 Å². The maximum atomic E-state index is 13.1. The summed E-state index contributed by atoms with van der Waals surface area (Å²) in [4.78, 5) is 27.5. The maximum Gasteiger partial charge on any atom is 0.242 e. The van der Waals surface area contributed by atoms with Crippen molar-refractivity contribution in [3.05, 3.63) is 64.7 Å². The Hall–Kier alpha value is -2.18. The van der Waals surface area contributed by atoms with Gasteiger partial charge in [-0.15, -0.1) is 11.8 Å². The maximum absolute atomic E-state index is 13.1. The van der Waals surface area contributed by atoms with Gasteiger partial charge in [-0.05, 0) is 57.0 Å². The van der Waals surface area contributed by atoms with E-state index in [0.29, 0.717) is 17.3 Å². The van der Waals surface area contributed by atoms with E-state index in [1.807, 2.05) is 69.3 Å². The highest BCUT2D eigenvalue weighted by Crippen LogP contribution is 2.22. The first-order valence-corrected chi connectivity index (χ1v) is 11.7. The third-order valence-corrected chi connectivity index (χ3v) is 5.95. The lowest BCUT2D eigenvalue weighted by Gasteiger charge is -2.31. The Morgan fingerprint density at radius 2 is 1.77 bits per heavy atom. The molecule has 5 nitrogen and oxygen atoms in total. The first-order valence-electron chi connectivity index (χ1n) is 10.2. The zero-order valence-corrected chi connectivity index (χ0v) is 20.3. The quantitative estimate of drug-likeness (QED) is 0.575. The van der Waals surface area contributed by atoms with Gasteiger partial charge in [0.15, 0.2) is 0 Å². The third-order valence-electron chi connectivity index (χ3n) is 4.62. The summed E-state index contributed by atoms with van der Waals surface area (Å²) in [5.41, 5.74) is 1.54. The van der Waals surface area contributed by atoms with Crippen molar-refractivity contribution in [2.24, 2.45) is 0 Å². The van der Waals surface area contributed by atoms with Crippen LogP contribution in [0.3, 0.4) is 0 Å². The van der Waals surface area contributed by atoms with Crippen LogP contribution in [-0.2, 0) is 21.9 Å². The van der Waals surface area contributed by atoms with Crippen molar-refractivity contribution < 1.29 is 14.3 Å². The Bertz CT molecular complexity index is 881. The van der Waals surface area contributed by atoms with Crippen LogP contribution >= 0.6 is 23.4 Å². The van der Waals surface area contributed by atoms with Crippen LogP contribution in [0.1, 0.15) is 38.8 Å². The topological polar surface area (TPSA) is 58.6 Å². The zero-order valence-electron chi connectivity index (χ0n) is 18.8. The number of rotatable bonds is 9. The second-order valence-corrected chi connectivity index (χ2v) is 9.76. The van der Waals surface area contributed by atoms with Crippen LogP contribution in [0.5, 0.6) is 5.75 Å². The highest BCUT2D eigenvalue weighted by Gasteiger charge is 2.28. The molecule has 0 fully saturated rings. The first-order chi connectivity index (χ1) is 14.6. The monoisotopic (exact) mass is 462 g/mol.